The van der Waals surface area contributed by atoms with Crippen LogP contribution in [0.1, 0.15) is 5.69 Å². The van der Waals surface area contributed by atoms with Crippen molar-refractivity contribution in [3.63, 3.8) is 0 Å². The predicted octanol–water partition coefficient (Wildman–Crippen LogP) is 1.30. The fraction of sp³-hybridized carbons (Fsp3) is 0.250. The maximum absolute atomic E-state index is 10.9. The summed E-state index contributed by atoms with van der Waals surface area (Å²) in [6.07, 6.45) is 1.66. The van der Waals surface area contributed by atoms with Crippen LogP contribution in [-0.2, 0) is 16.1 Å². The summed E-state index contributed by atoms with van der Waals surface area (Å²) in [7, 11) is 1.31. The van der Waals surface area contributed by atoms with E-state index >= 15 is 0 Å². The van der Waals surface area contributed by atoms with Crippen LogP contribution in [0.2, 0.25) is 0 Å². The molecular formula is C8H7BrN2O2. The number of halogens is 1. The van der Waals surface area contributed by atoms with E-state index in [-0.39, 0.29) is 12.5 Å². The Kier molecular flexibility index (Phi) is 3.09. The van der Waals surface area contributed by atoms with Gasteiger partial charge in [-0.15, -0.1) is 0 Å². The van der Waals surface area contributed by atoms with Crippen LogP contribution in [0.15, 0.2) is 16.7 Å². The molecule has 1 aromatic rings. The highest BCUT2D eigenvalue weighted by atomic mass is 79.9. The predicted molar refractivity (Wildman–Crippen MR) is 48.9 cm³/mol. The topological polar surface area (TPSA) is 55.0 Å². The van der Waals surface area contributed by atoms with Gasteiger partial charge in [-0.3, -0.25) is 4.79 Å². The quantitative estimate of drug-likeness (QED) is 0.735. The van der Waals surface area contributed by atoms with Crippen LogP contribution < -0.4 is 0 Å². The molecule has 0 fully saturated rings. The van der Waals surface area contributed by atoms with Gasteiger partial charge < -0.3 is 9.30 Å². The first-order chi connectivity index (χ1) is 6.17. The number of nitrogens with zero attached hydrogens (tertiary/aromatic N) is 2. The van der Waals surface area contributed by atoms with Gasteiger partial charge in [0.2, 0.25) is 0 Å². The molecule has 0 atom stereocenters. The van der Waals surface area contributed by atoms with E-state index in [1.54, 1.807) is 12.3 Å². The molecular weight excluding hydrogens is 236 g/mol. The average molecular weight is 243 g/mol. The molecule has 0 bridgehead atoms. The summed E-state index contributed by atoms with van der Waals surface area (Å²) in [5, 5.41) is 8.67. The van der Waals surface area contributed by atoms with E-state index in [1.165, 1.54) is 11.7 Å². The Hall–Kier alpha value is -1.28. The number of carbonyl (C=O) groups is 1. The third-order valence-electron chi connectivity index (χ3n) is 1.50. The molecule has 0 radical (unpaired) electrons. The van der Waals surface area contributed by atoms with Crippen molar-refractivity contribution in [2.75, 3.05) is 7.11 Å². The molecule has 0 unspecified atom stereocenters. The largest absolute Gasteiger partial charge is 0.468 e. The molecule has 1 rings (SSSR count). The minimum Gasteiger partial charge on any atom is -0.468 e. The number of hydrogen-bond acceptors (Lipinski definition) is 3. The maximum Gasteiger partial charge on any atom is 0.325 e. The van der Waals surface area contributed by atoms with Gasteiger partial charge in [-0.05, 0) is 22.0 Å². The van der Waals surface area contributed by atoms with Crippen LogP contribution in [0.3, 0.4) is 0 Å². The highest BCUT2D eigenvalue weighted by Gasteiger charge is 2.07. The number of hydrogen-bond donors (Lipinski definition) is 0. The molecule has 0 aromatic carbocycles. The molecule has 0 aliphatic carbocycles. The Balaban J connectivity index is 2.88. The zero-order valence-electron chi connectivity index (χ0n) is 6.95. The number of methoxy groups -OCH3 is 1. The molecule has 1 aromatic heterocycles. The van der Waals surface area contributed by atoms with E-state index < -0.39 is 0 Å². The molecule has 0 saturated carbocycles. The van der Waals surface area contributed by atoms with E-state index in [1.807, 2.05) is 6.07 Å². The van der Waals surface area contributed by atoms with Gasteiger partial charge in [0.25, 0.3) is 0 Å². The van der Waals surface area contributed by atoms with Crippen LogP contribution in [-0.4, -0.2) is 17.6 Å². The molecule has 0 aliphatic heterocycles. The van der Waals surface area contributed by atoms with Gasteiger partial charge in [0.05, 0.1) is 7.11 Å². The summed E-state index contributed by atoms with van der Waals surface area (Å²) >= 11 is 3.21. The van der Waals surface area contributed by atoms with Crippen molar-refractivity contribution in [1.82, 2.24) is 4.57 Å². The fourth-order valence-corrected chi connectivity index (χ4v) is 1.36. The van der Waals surface area contributed by atoms with Crippen molar-refractivity contribution in [2.24, 2.45) is 0 Å². The van der Waals surface area contributed by atoms with Crippen LogP contribution in [0, 0.1) is 11.3 Å². The number of aromatic nitrogens is 1. The SMILES string of the molecule is COC(=O)Cn1cc(Br)cc1C#N. The maximum atomic E-state index is 10.9. The third-order valence-corrected chi connectivity index (χ3v) is 1.94. The number of nitriles is 1. The number of rotatable bonds is 2. The van der Waals surface area contributed by atoms with E-state index in [0.29, 0.717) is 5.69 Å². The first kappa shape index (κ1) is 9.81. The van der Waals surface area contributed by atoms with Crippen molar-refractivity contribution in [2.45, 2.75) is 6.54 Å². The second kappa shape index (κ2) is 4.10. The summed E-state index contributed by atoms with van der Waals surface area (Å²) < 4.78 is 6.77. The summed E-state index contributed by atoms with van der Waals surface area (Å²) in [6, 6.07) is 3.61. The van der Waals surface area contributed by atoms with E-state index in [9.17, 15) is 4.79 Å². The Bertz CT molecular complexity index is 365. The van der Waals surface area contributed by atoms with Gasteiger partial charge in [-0.1, -0.05) is 0 Å². The van der Waals surface area contributed by atoms with Gasteiger partial charge in [0.1, 0.15) is 18.3 Å². The zero-order chi connectivity index (χ0) is 9.84. The Morgan fingerprint density at radius 2 is 2.54 bits per heavy atom. The molecule has 0 amide bonds. The van der Waals surface area contributed by atoms with Gasteiger partial charge in [0.15, 0.2) is 0 Å². The lowest BCUT2D eigenvalue weighted by atomic mass is 10.4. The van der Waals surface area contributed by atoms with Crippen molar-refractivity contribution in [3.8, 4) is 6.07 Å². The summed E-state index contributed by atoms with van der Waals surface area (Å²) in [6.45, 7) is 0.0605. The molecule has 4 nitrogen and oxygen atoms in total. The standard InChI is InChI=1S/C8H7BrN2O2/c1-13-8(12)5-11-4-6(9)2-7(11)3-10/h2,4H,5H2,1H3. The molecule has 1 heterocycles. The molecule has 5 heteroatoms. The van der Waals surface area contributed by atoms with Crippen LogP contribution >= 0.6 is 15.9 Å². The van der Waals surface area contributed by atoms with Crippen LogP contribution in [0.5, 0.6) is 0 Å². The summed E-state index contributed by atoms with van der Waals surface area (Å²) in [5.74, 6) is -0.375. The van der Waals surface area contributed by atoms with E-state index in [0.717, 1.165) is 4.47 Å². The molecule has 0 saturated heterocycles. The lowest BCUT2D eigenvalue weighted by Crippen LogP contribution is -2.11. The highest BCUT2D eigenvalue weighted by Crippen LogP contribution is 2.13. The van der Waals surface area contributed by atoms with Crippen molar-refractivity contribution in [3.05, 3.63) is 22.4 Å². The second-order valence-electron chi connectivity index (χ2n) is 2.36. The second-order valence-corrected chi connectivity index (χ2v) is 3.28. The van der Waals surface area contributed by atoms with E-state index in [2.05, 4.69) is 20.7 Å². The minimum absolute atomic E-state index is 0.0605. The lowest BCUT2D eigenvalue weighted by molar-refractivity contribution is -0.141. The Morgan fingerprint density at radius 3 is 3.08 bits per heavy atom. The van der Waals surface area contributed by atoms with Gasteiger partial charge >= 0.3 is 5.97 Å². The van der Waals surface area contributed by atoms with Gasteiger partial charge in [-0.25, -0.2) is 0 Å². The van der Waals surface area contributed by atoms with Gasteiger partial charge in [0, 0.05) is 10.7 Å². The van der Waals surface area contributed by atoms with Crippen LogP contribution in [0.25, 0.3) is 0 Å². The highest BCUT2D eigenvalue weighted by molar-refractivity contribution is 9.10. The molecule has 68 valence electrons. The monoisotopic (exact) mass is 242 g/mol. The van der Waals surface area contributed by atoms with Crippen molar-refractivity contribution < 1.29 is 9.53 Å². The number of ether oxygens (including phenoxy) is 1. The normalized spacial score (nSPS) is 9.31. The first-order valence-corrected chi connectivity index (χ1v) is 4.29. The zero-order valence-corrected chi connectivity index (χ0v) is 8.54. The first-order valence-electron chi connectivity index (χ1n) is 3.50. The minimum atomic E-state index is -0.375. The van der Waals surface area contributed by atoms with Crippen LogP contribution in [0.4, 0.5) is 0 Å². The van der Waals surface area contributed by atoms with Crippen molar-refractivity contribution >= 4 is 21.9 Å². The third kappa shape index (κ3) is 2.33. The molecule has 13 heavy (non-hydrogen) atoms. The average Bonchev–Trinajstić information content (AvgIpc) is 2.46. The molecule has 0 spiro atoms. The fourth-order valence-electron chi connectivity index (χ4n) is 0.900. The molecule has 0 N–H and O–H groups in total. The Morgan fingerprint density at radius 1 is 1.85 bits per heavy atom. The number of carbonyl (C=O) groups excluding carboxylic acids is 1. The van der Waals surface area contributed by atoms with Gasteiger partial charge in [-0.2, -0.15) is 5.26 Å². The summed E-state index contributed by atoms with van der Waals surface area (Å²) in [4.78, 5) is 10.9. The lowest BCUT2D eigenvalue weighted by Gasteiger charge is -2.01. The van der Waals surface area contributed by atoms with Crippen molar-refractivity contribution in [1.29, 1.82) is 5.26 Å². The Labute approximate surface area is 83.8 Å². The molecule has 0 aliphatic rings. The smallest absolute Gasteiger partial charge is 0.325 e. The van der Waals surface area contributed by atoms with E-state index in [4.69, 9.17) is 5.26 Å². The number of esters is 1. The summed E-state index contributed by atoms with van der Waals surface area (Å²) in [5.41, 5.74) is 0.428.